The Balaban J connectivity index is 1.37. The largest absolute Gasteiger partial charge is 0.350 e. The minimum atomic E-state index is -0.339. The zero-order chi connectivity index (χ0) is 23.8. The minimum Gasteiger partial charge on any atom is -0.350 e. The maximum absolute atomic E-state index is 13.9. The number of halogens is 1. The van der Waals surface area contributed by atoms with Gasteiger partial charge in [-0.2, -0.15) is 0 Å². The van der Waals surface area contributed by atoms with E-state index in [1.807, 2.05) is 36.1 Å². The Kier molecular flexibility index (Phi) is 5.67. The van der Waals surface area contributed by atoms with Crippen LogP contribution < -0.4 is 5.32 Å². The molecule has 0 spiro atoms. The third kappa shape index (κ3) is 4.20. The zero-order valence-electron chi connectivity index (χ0n) is 18.9. The lowest BCUT2D eigenvalue weighted by molar-refractivity contribution is 0.0695. The molecule has 0 bridgehead atoms. The molecule has 0 aromatic heterocycles. The van der Waals surface area contributed by atoms with Crippen molar-refractivity contribution in [2.24, 2.45) is 11.8 Å². The molecule has 3 aromatic rings. The Bertz CT molecular complexity index is 1330. The lowest BCUT2D eigenvalue weighted by Gasteiger charge is -2.29. The number of terminal acetylenes is 1. The molecule has 1 heterocycles. The van der Waals surface area contributed by atoms with Crippen LogP contribution in [-0.2, 0) is 0 Å². The van der Waals surface area contributed by atoms with E-state index in [0.29, 0.717) is 47.2 Å². The fraction of sp³-hybridized carbons (Fsp3) is 0.241. The molecule has 0 radical (unpaired) electrons. The molecule has 1 aliphatic heterocycles. The van der Waals surface area contributed by atoms with Crippen LogP contribution in [0.1, 0.15) is 38.3 Å². The number of hydrogen-bond donors (Lipinski definition) is 1. The summed E-state index contributed by atoms with van der Waals surface area (Å²) in [5, 5.41) is 3.00. The van der Waals surface area contributed by atoms with Gasteiger partial charge >= 0.3 is 0 Å². The second-order valence-corrected chi connectivity index (χ2v) is 9.18. The predicted octanol–water partition coefficient (Wildman–Crippen LogP) is 4.67. The molecule has 3 aromatic carbocycles. The van der Waals surface area contributed by atoms with Crippen molar-refractivity contribution in [2.45, 2.75) is 19.4 Å². The smallest absolute Gasteiger partial charge is 0.254 e. The second kappa shape index (κ2) is 8.79. The summed E-state index contributed by atoms with van der Waals surface area (Å²) in [5.74, 6) is 2.78. The number of aryl methyl sites for hydroxylation is 1. The summed E-state index contributed by atoms with van der Waals surface area (Å²) in [4.78, 5) is 28.3. The fourth-order valence-electron chi connectivity index (χ4n) is 5.01. The highest BCUT2D eigenvalue weighted by Crippen LogP contribution is 2.50. The molecule has 170 valence electrons. The van der Waals surface area contributed by atoms with Gasteiger partial charge in [-0.05, 0) is 72.7 Å². The van der Waals surface area contributed by atoms with Gasteiger partial charge in [-0.1, -0.05) is 41.8 Å². The van der Waals surface area contributed by atoms with E-state index in [1.54, 1.807) is 30.3 Å². The molecule has 2 amide bonds. The lowest BCUT2D eigenvalue weighted by atomic mass is 9.96. The number of carbonyl (C=O) groups excluding carboxylic acids is 2. The summed E-state index contributed by atoms with van der Waals surface area (Å²) >= 11 is 0. The number of nitrogens with zero attached hydrogens (tertiary/aromatic N) is 1. The predicted molar refractivity (Wildman–Crippen MR) is 130 cm³/mol. The molecule has 2 aliphatic rings. The molecular formula is C29H25FN2O2. The first kappa shape index (κ1) is 21.9. The topological polar surface area (TPSA) is 49.4 Å². The van der Waals surface area contributed by atoms with Gasteiger partial charge in [0.15, 0.2) is 0 Å². The maximum Gasteiger partial charge on any atom is 0.254 e. The molecular weight excluding hydrogens is 427 g/mol. The summed E-state index contributed by atoms with van der Waals surface area (Å²) < 4.78 is 13.9. The molecule has 34 heavy (non-hydrogen) atoms. The number of fused-ring (bicyclic) bond motifs is 1. The minimum absolute atomic E-state index is 0.0704. The van der Waals surface area contributed by atoms with Crippen LogP contribution in [-0.4, -0.2) is 35.8 Å². The average molecular weight is 453 g/mol. The first-order valence-corrected chi connectivity index (χ1v) is 11.5. The molecule has 1 unspecified atom stereocenters. The van der Waals surface area contributed by atoms with E-state index in [0.717, 1.165) is 17.5 Å². The summed E-state index contributed by atoms with van der Waals surface area (Å²) in [5.41, 5.74) is 4.10. The molecule has 1 N–H and O–H groups in total. The summed E-state index contributed by atoms with van der Waals surface area (Å²) in [6.45, 7) is 3.01. The van der Waals surface area contributed by atoms with Crippen molar-refractivity contribution in [1.29, 1.82) is 0 Å². The van der Waals surface area contributed by atoms with E-state index < -0.39 is 0 Å². The number of amides is 2. The third-order valence-electron chi connectivity index (χ3n) is 6.87. The van der Waals surface area contributed by atoms with Gasteiger partial charge in [0.25, 0.3) is 11.8 Å². The van der Waals surface area contributed by atoms with Crippen LogP contribution >= 0.6 is 0 Å². The van der Waals surface area contributed by atoms with Gasteiger partial charge in [0.2, 0.25) is 0 Å². The van der Waals surface area contributed by atoms with E-state index in [2.05, 4.69) is 11.2 Å². The van der Waals surface area contributed by atoms with Crippen LogP contribution in [0.25, 0.3) is 11.1 Å². The number of likely N-dealkylation sites (tertiary alicyclic amines) is 1. The van der Waals surface area contributed by atoms with Crippen molar-refractivity contribution in [3.63, 3.8) is 0 Å². The fourth-order valence-corrected chi connectivity index (χ4v) is 5.01. The summed E-state index contributed by atoms with van der Waals surface area (Å²) in [6, 6.07) is 18.9. The van der Waals surface area contributed by atoms with Crippen molar-refractivity contribution in [2.75, 3.05) is 13.1 Å². The van der Waals surface area contributed by atoms with E-state index in [-0.39, 0.29) is 23.7 Å². The molecule has 1 saturated heterocycles. The molecule has 1 saturated carbocycles. The van der Waals surface area contributed by atoms with Crippen molar-refractivity contribution < 1.29 is 14.0 Å². The highest BCUT2D eigenvalue weighted by molar-refractivity contribution is 6.01. The Labute approximate surface area is 198 Å². The lowest BCUT2D eigenvalue weighted by Crippen LogP contribution is -2.45. The molecule has 3 atom stereocenters. The highest BCUT2D eigenvalue weighted by Gasteiger charge is 2.54. The highest BCUT2D eigenvalue weighted by atomic mass is 19.1. The number of piperidine rings is 1. The third-order valence-corrected chi connectivity index (χ3v) is 6.87. The average Bonchev–Trinajstić information content (AvgIpc) is 3.53. The van der Waals surface area contributed by atoms with Gasteiger partial charge < -0.3 is 10.2 Å². The van der Waals surface area contributed by atoms with Crippen molar-refractivity contribution in [3.05, 3.63) is 94.8 Å². The Morgan fingerprint density at radius 2 is 1.94 bits per heavy atom. The normalized spacial score (nSPS) is 20.4. The molecule has 4 nitrogen and oxygen atoms in total. The van der Waals surface area contributed by atoms with Crippen LogP contribution in [0.15, 0.2) is 66.7 Å². The van der Waals surface area contributed by atoms with Gasteiger partial charge in [0, 0.05) is 29.8 Å². The first-order chi connectivity index (χ1) is 16.4. The molecule has 1 aliphatic carbocycles. The Hall–Kier alpha value is -3.91. The number of rotatable bonds is 5. The second-order valence-electron chi connectivity index (χ2n) is 9.18. The van der Waals surface area contributed by atoms with Crippen LogP contribution in [0.4, 0.5) is 4.39 Å². The van der Waals surface area contributed by atoms with E-state index >= 15 is 0 Å². The van der Waals surface area contributed by atoms with Crippen LogP contribution in [0.2, 0.25) is 0 Å². The number of carbonyl (C=O) groups is 2. The molecule has 5 heteroatoms. The maximum atomic E-state index is 13.9. The van der Waals surface area contributed by atoms with E-state index in [1.165, 1.54) is 12.1 Å². The van der Waals surface area contributed by atoms with Crippen molar-refractivity contribution in [1.82, 2.24) is 10.2 Å². The van der Waals surface area contributed by atoms with Crippen LogP contribution in [0, 0.1) is 36.9 Å². The van der Waals surface area contributed by atoms with Crippen molar-refractivity contribution >= 4 is 11.8 Å². The molecule has 2 fully saturated rings. The first-order valence-electron chi connectivity index (χ1n) is 11.5. The number of hydrogen-bond acceptors (Lipinski definition) is 2. The number of benzene rings is 3. The monoisotopic (exact) mass is 452 g/mol. The van der Waals surface area contributed by atoms with Gasteiger partial charge in [-0.25, -0.2) is 4.39 Å². The van der Waals surface area contributed by atoms with Gasteiger partial charge in [-0.3, -0.25) is 9.59 Å². The van der Waals surface area contributed by atoms with Gasteiger partial charge in [0.05, 0.1) is 6.04 Å². The molecule has 5 rings (SSSR count). The van der Waals surface area contributed by atoms with Crippen LogP contribution in [0.5, 0.6) is 0 Å². The summed E-state index contributed by atoms with van der Waals surface area (Å²) in [6.07, 6.45) is 6.52. The van der Waals surface area contributed by atoms with Gasteiger partial charge in [0.1, 0.15) is 5.82 Å². The van der Waals surface area contributed by atoms with Crippen molar-refractivity contribution in [3.8, 4) is 23.5 Å². The van der Waals surface area contributed by atoms with Gasteiger partial charge in [-0.15, -0.1) is 6.42 Å². The standard InChI is InChI=1S/C29H25FN2O2/c1-3-19-6-4-8-21(13-19)28(33)31-16-27-26-15-22(26)17-32(27)29(34)24-11-10-18(2)12-25(24)20-7-5-9-23(30)14-20/h1,4-14,22,26-27H,15-17H2,2H3,(H,31,33)/t22-,26?,27-/m1/s1. The number of nitrogens with one attached hydrogen (secondary N) is 1. The van der Waals surface area contributed by atoms with E-state index in [9.17, 15) is 14.0 Å². The zero-order valence-corrected chi connectivity index (χ0v) is 18.9. The summed E-state index contributed by atoms with van der Waals surface area (Å²) in [7, 11) is 0. The Morgan fingerprint density at radius 1 is 1.12 bits per heavy atom. The van der Waals surface area contributed by atoms with E-state index in [4.69, 9.17) is 6.42 Å². The quantitative estimate of drug-likeness (QED) is 0.572. The van der Waals surface area contributed by atoms with Crippen LogP contribution in [0.3, 0.4) is 0 Å². The SMILES string of the molecule is C#Cc1cccc(C(=O)NC[C@@H]2C3C[C@@H]3CN2C(=O)c2ccc(C)cc2-c2cccc(F)c2)c1. The Morgan fingerprint density at radius 3 is 2.74 bits per heavy atom.